The molecule has 0 atom stereocenters. The number of nitrogens with one attached hydrogen (secondary N) is 1. The second kappa shape index (κ2) is 3.39. The molecule has 1 aliphatic heterocycles. The van der Waals surface area contributed by atoms with Gasteiger partial charge in [0.1, 0.15) is 0 Å². The number of allylic oxidation sites excluding steroid dienone is 4. The topological polar surface area (TPSA) is 12.0 Å². The first-order valence-corrected chi connectivity index (χ1v) is 5.38. The van der Waals surface area contributed by atoms with Crippen molar-refractivity contribution in [3.05, 3.63) is 24.3 Å². The summed E-state index contributed by atoms with van der Waals surface area (Å²) in [6.07, 6.45) is 14.8. The van der Waals surface area contributed by atoms with Gasteiger partial charge in [0.2, 0.25) is 0 Å². The Morgan fingerprint density at radius 1 is 0.714 bits per heavy atom. The summed E-state index contributed by atoms with van der Waals surface area (Å²) in [5.74, 6) is 0. The lowest BCUT2D eigenvalue weighted by molar-refractivity contribution is 0.0851. The van der Waals surface area contributed by atoms with Gasteiger partial charge in [-0.2, -0.15) is 0 Å². The third-order valence-corrected chi connectivity index (χ3v) is 4.42. The molecule has 3 aliphatic rings. The molecule has 1 saturated heterocycles. The Morgan fingerprint density at radius 3 is 1.43 bits per heavy atom. The Kier molecular flexibility index (Phi) is 2.48. The van der Waals surface area contributed by atoms with Gasteiger partial charge in [-0.05, 0) is 36.5 Å². The van der Waals surface area contributed by atoms with Crippen molar-refractivity contribution in [2.24, 2.45) is 10.8 Å². The van der Waals surface area contributed by atoms with E-state index in [0.717, 1.165) is 0 Å². The lowest BCUT2D eigenvalue weighted by Gasteiger charge is -2.48. The van der Waals surface area contributed by atoms with Gasteiger partial charge in [0.05, 0.1) is 0 Å². The molecule has 14 heavy (non-hydrogen) atoms. The zero-order valence-electron chi connectivity index (χ0n) is 8.46. The smallest absolute Gasteiger partial charge is 0.00200 e. The standard InChI is InChI=1S/C12H17N.ClH/c1-2-6-12-8-4-3-7-11(12,5-1)9-13-10-12;/h1-4,13H,5-10H2;1H. The molecule has 0 aromatic heterocycles. The van der Waals surface area contributed by atoms with Crippen LogP contribution in [0.3, 0.4) is 0 Å². The molecule has 1 fully saturated rings. The van der Waals surface area contributed by atoms with Crippen LogP contribution in [0.4, 0.5) is 0 Å². The molecule has 1 N–H and O–H groups in total. The van der Waals surface area contributed by atoms with E-state index in [-0.39, 0.29) is 12.4 Å². The van der Waals surface area contributed by atoms with Gasteiger partial charge >= 0.3 is 0 Å². The molecule has 2 heteroatoms. The molecule has 2 aliphatic carbocycles. The third kappa shape index (κ3) is 1.12. The van der Waals surface area contributed by atoms with E-state index in [9.17, 15) is 0 Å². The fourth-order valence-corrected chi connectivity index (χ4v) is 3.47. The van der Waals surface area contributed by atoms with E-state index in [1.807, 2.05) is 0 Å². The van der Waals surface area contributed by atoms with E-state index in [1.54, 1.807) is 0 Å². The molecule has 1 nitrogen and oxygen atoms in total. The first-order valence-electron chi connectivity index (χ1n) is 5.38. The first-order chi connectivity index (χ1) is 6.37. The van der Waals surface area contributed by atoms with E-state index in [4.69, 9.17) is 0 Å². The molecule has 0 amide bonds. The molecule has 3 rings (SSSR count). The van der Waals surface area contributed by atoms with Crippen molar-refractivity contribution in [3.8, 4) is 0 Å². The Bertz CT molecular complexity index is 236. The minimum atomic E-state index is 0. The van der Waals surface area contributed by atoms with E-state index in [0.29, 0.717) is 10.8 Å². The molecular weight excluding hydrogens is 194 g/mol. The van der Waals surface area contributed by atoms with Crippen LogP contribution in [0.25, 0.3) is 0 Å². The third-order valence-electron chi connectivity index (χ3n) is 4.42. The minimum Gasteiger partial charge on any atom is -0.316 e. The van der Waals surface area contributed by atoms with E-state index in [2.05, 4.69) is 29.6 Å². The molecule has 0 saturated carbocycles. The lowest BCUT2D eigenvalue weighted by Crippen LogP contribution is -2.43. The van der Waals surface area contributed by atoms with Crippen LogP contribution in [0.2, 0.25) is 0 Å². The highest BCUT2D eigenvalue weighted by Gasteiger charge is 2.54. The average Bonchev–Trinajstić information content (AvgIpc) is 2.56. The van der Waals surface area contributed by atoms with Crippen molar-refractivity contribution in [2.45, 2.75) is 25.7 Å². The fraction of sp³-hybridized carbons (Fsp3) is 0.667. The van der Waals surface area contributed by atoms with Gasteiger partial charge in [0.15, 0.2) is 0 Å². The average molecular weight is 212 g/mol. The summed E-state index contributed by atoms with van der Waals surface area (Å²) in [7, 11) is 0. The summed E-state index contributed by atoms with van der Waals surface area (Å²) in [5.41, 5.74) is 1.16. The van der Waals surface area contributed by atoms with Crippen LogP contribution in [-0.2, 0) is 0 Å². The molecule has 78 valence electrons. The molecule has 0 unspecified atom stereocenters. The van der Waals surface area contributed by atoms with E-state index in [1.165, 1.54) is 38.8 Å². The number of halogens is 1. The van der Waals surface area contributed by atoms with Crippen molar-refractivity contribution >= 4 is 12.4 Å². The van der Waals surface area contributed by atoms with Crippen LogP contribution in [0.5, 0.6) is 0 Å². The van der Waals surface area contributed by atoms with Crippen LogP contribution in [0, 0.1) is 10.8 Å². The fourth-order valence-electron chi connectivity index (χ4n) is 3.47. The van der Waals surface area contributed by atoms with Gasteiger partial charge in [-0.15, -0.1) is 12.4 Å². The first kappa shape index (κ1) is 10.3. The number of hydrogen-bond donors (Lipinski definition) is 1. The largest absolute Gasteiger partial charge is 0.316 e. The van der Waals surface area contributed by atoms with Gasteiger partial charge in [-0.25, -0.2) is 0 Å². The molecular formula is C12H18ClN. The van der Waals surface area contributed by atoms with Crippen molar-refractivity contribution in [1.29, 1.82) is 0 Å². The zero-order valence-corrected chi connectivity index (χ0v) is 9.28. The van der Waals surface area contributed by atoms with Gasteiger partial charge < -0.3 is 5.32 Å². The highest BCUT2D eigenvalue weighted by Crippen LogP contribution is 2.57. The summed E-state index contributed by atoms with van der Waals surface area (Å²) in [6.45, 7) is 2.48. The quantitative estimate of drug-likeness (QED) is 0.608. The Hall–Kier alpha value is -0.270. The van der Waals surface area contributed by atoms with Gasteiger partial charge in [-0.3, -0.25) is 0 Å². The predicted octanol–water partition coefficient (Wildman–Crippen LogP) is 2.68. The molecule has 1 heterocycles. The Morgan fingerprint density at radius 2 is 1.07 bits per heavy atom. The minimum absolute atomic E-state index is 0. The van der Waals surface area contributed by atoms with E-state index < -0.39 is 0 Å². The van der Waals surface area contributed by atoms with Gasteiger partial charge in [0, 0.05) is 13.1 Å². The van der Waals surface area contributed by atoms with Crippen LogP contribution >= 0.6 is 12.4 Å². The predicted molar refractivity (Wildman–Crippen MR) is 61.7 cm³/mol. The molecule has 0 aromatic rings. The van der Waals surface area contributed by atoms with Crippen LogP contribution < -0.4 is 5.32 Å². The summed E-state index contributed by atoms with van der Waals surface area (Å²) in [4.78, 5) is 0. The van der Waals surface area contributed by atoms with Crippen LogP contribution in [0.15, 0.2) is 24.3 Å². The van der Waals surface area contributed by atoms with Gasteiger partial charge in [-0.1, -0.05) is 24.3 Å². The lowest BCUT2D eigenvalue weighted by atomic mass is 9.55. The summed E-state index contributed by atoms with van der Waals surface area (Å²) >= 11 is 0. The monoisotopic (exact) mass is 211 g/mol. The number of rotatable bonds is 0. The highest BCUT2D eigenvalue weighted by atomic mass is 35.5. The summed E-state index contributed by atoms with van der Waals surface area (Å²) < 4.78 is 0. The Labute approximate surface area is 92.1 Å². The maximum absolute atomic E-state index is 3.61. The highest BCUT2D eigenvalue weighted by molar-refractivity contribution is 5.85. The normalized spacial score (nSPS) is 44.0. The van der Waals surface area contributed by atoms with Crippen molar-refractivity contribution in [2.75, 3.05) is 13.1 Å². The second-order valence-electron chi connectivity index (χ2n) is 4.92. The summed E-state index contributed by atoms with van der Waals surface area (Å²) in [5, 5.41) is 3.61. The maximum atomic E-state index is 3.61. The number of hydrogen-bond acceptors (Lipinski definition) is 1. The van der Waals surface area contributed by atoms with Crippen molar-refractivity contribution in [3.63, 3.8) is 0 Å². The van der Waals surface area contributed by atoms with E-state index >= 15 is 0 Å². The molecule has 0 radical (unpaired) electrons. The molecule has 0 spiro atoms. The zero-order chi connectivity index (χ0) is 8.78. The van der Waals surface area contributed by atoms with Crippen LogP contribution in [0.1, 0.15) is 25.7 Å². The summed E-state index contributed by atoms with van der Waals surface area (Å²) in [6, 6.07) is 0. The maximum Gasteiger partial charge on any atom is 0.00200 e. The second-order valence-corrected chi connectivity index (χ2v) is 4.92. The van der Waals surface area contributed by atoms with Crippen molar-refractivity contribution < 1.29 is 0 Å². The molecule has 0 bridgehead atoms. The molecule has 0 aromatic carbocycles. The van der Waals surface area contributed by atoms with Crippen molar-refractivity contribution in [1.82, 2.24) is 5.32 Å². The van der Waals surface area contributed by atoms with Gasteiger partial charge in [0.25, 0.3) is 0 Å². The Balaban J connectivity index is 0.000000750. The van der Waals surface area contributed by atoms with Crippen LogP contribution in [-0.4, -0.2) is 13.1 Å². The SMILES string of the molecule is C1=CCC23CC=CCC2(C1)CNC3.Cl.